The molecule has 3 aromatic carbocycles. The minimum atomic E-state index is -0.186. The van der Waals surface area contributed by atoms with Crippen molar-refractivity contribution in [3.8, 4) is 45.7 Å². The molecule has 0 amide bonds. The van der Waals surface area contributed by atoms with Gasteiger partial charge < -0.3 is 5.11 Å². The van der Waals surface area contributed by atoms with E-state index in [4.69, 9.17) is 0 Å². The van der Waals surface area contributed by atoms with Crippen molar-refractivity contribution in [2.45, 2.75) is 13.8 Å². The Hall–Kier alpha value is -3.80. The maximum absolute atomic E-state index is 12.4. The maximum Gasteiger partial charge on any atom is 0.175 e. The Labute approximate surface area is 168 Å². The topological polar surface area (TPSA) is 68.1 Å². The van der Waals surface area contributed by atoms with Crippen LogP contribution in [-0.2, 0) is 0 Å². The summed E-state index contributed by atoms with van der Waals surface area (Å²) in [5.41, 5.74) is 2.00. The van der Waals surface area contributed by atoms with Gasteiger partial charge in [0.15, 0.2) is 23.2 Å². The Morgan fingerprint density at radius 3 is 1.62 bits per heavy atom. The molecule has 0 aliphatic carbocycles. The number of hydrogen-bond donors (Lipinski definition) is 1. The average Bonchev–Trinajstić information content (AvgIpc) is 2.81. The highest BCUT2D eigenvalue weighted by Crippen LogP contribution is 2.32. The molecule has 6 heteroatoms. The van der Waals surface area contributed by atoms with Crippen LogP contribution in [0.4, 0.5) is 4.53 Å². The predicted octanol–water partition coefficient (Wildman–Crippen LogP) is 5.87. The number of hydrogen-bond acceptors (Lipinski definition) is 5. The van der Waals surface area contributed by atoms with Crippen LogP contribution in [0.1, 0.15) is 13.8 Å². The third-order valence-corrected chi connectivity index (χ3v) is 4.00. The van der Waals surface area contributed by atoms with Gasteiger partial charge in [-0.05, 0) is 12.1 Å². The zero-order valence-electron chi connectivity index (χ0n) is 16.1. The molecule has 146 valence electrons. The van der Waals surface area contributed by atoms with Crippen molar-refractivity contribution in [2.75, 3.05) is 0 Å². The number of phenolic OH excluding ortho intramolecular Hbond substituents is 1. The van der Waals surface area contributed by atoms with Crippen LogP contribution in [0.15, 0.2) is 78.9 Å². The van der Waals surface area contributed by atoms with Gasteiger partial charge in [0.2, 0.25) is 0 Å². The Morgan fingerprint density at radius 1 is 0.690 bits per heavy atom. The van der Waals surface area contributed by atoms with Gasteiger partial charge in [0.25, 0.3) is 0 Å². The number of phenols is 1. The molecule has 4 aromatic rings. The third kappa shape index (κ3) is 4.55. The minimum absolute atomic E-state index is 0.100. The van der Waals surface area contributed by atoms with E-state index in [2.05, 4.69) is 19.9 Å². The van der Waals surface area contributed by atoms with Crippen molar-refractivity contribution in [3.05, 3.63) is 78.9 Å². The second kappa shape index (κ2) is 9.41. The summed E-state index contributed by atoms with van der Waals surface area (Å²) < 4.78 is 12.4. The van der Waals surface area contributed by atoms with Crippen LogP contribution >= 0.6 is 0 Å². The predicted molar refractivity (Wildman–Crippen MR) is 111 cm³/mol. The lowest BCUT2D eigenvalue weighted by Gasteiger charge is -2.09. The Bertz CT molecular complexity index is 1020. The van der Waals surface area contributed by atoms with E-state index >= 15 is 0 Å². The van der Waals surface area contributed by atoms with Crippen molar-refractivity contribution in [1.29, 1.82) is 0 Å². The first-order chi connectivity index (χ1) is 14.2. The second-order valence-corrected chi connectivity index (χ2v) is 5.79. The molecule has 4 rings (SSSR count). The van der Waals surface area contributed by atoms with Gasteiger partial charge in [-0.3, -0.25) is 4.94 Å². The SMILES string of the molecule is CC.Oc1cc(OF)ccc1-c1nc(-c2ccccc2)nc(-c2ccccc2)n1. The van der Waals surface area contributed by atoms with Crippen molar-refractivity contribution in [3.63, 3.8) is 0 Å². The highest BCUT2D eigenvalue weighted by atomic mass is 19.3. The Morgan fingerprint density at radius 2 is 1.17 bits per heavy atom. The molecule has 0 saturated heterocycles. The highest BCUT2D eigenvalue weighted by molar-refractivity contribution is 5.70. The van der Waals surface area contributed by atoms with Crippen LogP contribution in [0.3, 0.4) is 0 Å². The van der Waals surface area contributed by atoms with Crippen molar-refractivity contribution >= 4 is 0 Å². The number of rotatable bonds is 4. The van der Waals surface area contributed by atoms with Crippen LogP contribution in [-0.4, -0.2) is 20.1 Å². The molecule has 1 heterocycles. The van der Waals surface area contributed by atoms with Gasteiger partial charge >= 0.3 is 0 Å². The standard InChI is InChI=1S/C21H14FN3O2.C2H6/c22-27-16-11-12-17(18(26)13-16)21-24-19(14-7-3-1-4-8-14)23-20(25-21)15-9-5-2-6-10-15;1-2/h1-13,26H;1-2H3. The van der Waals surface area contributed by atoms with Crippen molar-refractivity contribution in [1.82, 2.24) is 15.0 Å². The van der Waals surface area contributed by atoms with Gasteiger partial charge in [-0.25, -0.2) is 15.0 Å². The summed E-state index contributed by atoms with van der Waals surface area (Å²) in [6, 6.07) is 23.0. The molecule has 1 aromatic heterocycles. The molecule has 0 aliphatic heterocycles. The van der Waals surface area contributed by atoms with E-state index in [1.54, 1.807) is 0 Å². The summed E-state index contributed by atoms with van der Waals surface area (Å²) in [6.07, 6.45) is 0. The lowest BCUT2D eigenvalue weighted by Crippen LogP contribution is -2.00. The lowest BCUT2D eigenvalue weighted by atomic mass is 10.1. The largest absolute Gasteiger partial charge is 0.507 e. The molecule has 1 N–H and O–H groups in total. The number of benzene rings is 3. The molecule has 29 heavy (non-hydrogen) atoms. The first kappa shape index (κ1) is 19.9. The van der Waals surface area contributed by atoms with Crippen molar-refractivity contribution in [2.24, 2.45) is 0 Å². The summed E-state index contributed by atoms with van der Waals surface area (Å²) in [7, 11) is 0. The van der Waals surface area contributed by atoms with Gasteiger partial charge in [0.1, 0.15) is 5.75 Å². The molecule has 0 atom stereocenters. The molecule has 5 nitrogen and oxygen atoms in total. The van der Waals surface area contributed by atoms with Crippen LogP contribution in [0.2, 0.25) is 0 Å². The average molecular weight is 389 g/mol. The smallest absolute Gasteiger partial charge is 0.175 e. The van der Waals surface area contributed by atoms with Crippen LogP contribution in [0.5, 0.6) is 11.5 Å². The first-order valence-corrected chi connectivity index (χ1v) is 9.23. The molecule has 0 bridgehead atoms. The van der Waals surface area contributed by atoms with E-state index in [0.29, 0.717) is 17.2 Å². The van der Waals surface area contributed by atoms with Crippen LogP contribution in [0, 0.1) is 0 Å². The van der Waals surface area contributed by atoms with Crippen LogP contribution in [0.25, 0.3) is 34.2 Å². The molecule has 0 unspecified atom stereocenters. The normalized spacial score (nSPS) is 10.0. The molecular weight excluding hydrogens is 369 g/mol. The Kier molecular flexibility index (Phi) is 6.47. The minimum Gasteiger partial charge on any atom is -0.507 e. The van der Waals surface area contributed by atoms with Crippen molar-refractivity contribution < 1.29 is 14.6 Å². The second-order valence-electron chi connectivity index (χ2n) is 5.79. The zero-order chi connectivity index (χ0) is 20.6. The number of nitrogens with zero attached hydrogens (tertiary/aromatic N) is 3. The van der Waals surface area contributed by atoms with E-state index in [-0.39, 0.29) is 17.3 Å². The third-order valence-electron chi connectivity index (χ3n) is 4.00. The van der Waals surface area contributed by atoms with Gasteiger partial charge in [-0.15, -0.1) is 0 Å². The fraction of sp³-hybridized carbons (Fsp3) is 0.0870. The van der Waals surface area contributed by atoms with Crippen LogP contribution < -0.4 is 4.94 Å². The molecule has 0 saturated carbocycles. The van der Waals surface area contributed by atoms with E-state index in [0.717, 1.165) is 11.1 Å². The molecule has 0 radical (unpaired) electrons. The van der Waals surface area contributed by atoms with E-state index in [1.807, 2.05) is 74.5 Å². The van der Waals surface area contributed by atoms with E-state index in [9.17, 15) is 9.63 Å². The zero-order valence-corrected chi connectivity index (χ0v) is 16.1. The fourth-order valence-electron chi connectivity index (χ4n) is 2.68. The first-order valence-electron chi connectivity index (χ1n) is 9.23. The van der Waals surface area contributed by atoms with E-state index < -0.39 is 0 Å². The molecule has 0 aliphatic rings. The number of halogens is 1. The lowest BCUT2D eigenvalue weighted by molar-refractivity contribution is -0.00639. The van der Waals surface area contributed by atoms with E-state index in [1.165, 1.54) is 18.2 Å². The number of aromatic nitrogens is 3. The van der Waals surface area contributed by atoms with Gasteiger partial charge in [0, 0.05) is 21.7 Å². The van der Waals surface area contributed by atoms with Gasteiger partial charge in [0.05, 0.1) is 5.56 Å². The molecule has 0 spiro atoms. The van der Waals surface area contributed by atoms with Gasteiger partial charge in [-0.2, -0.15) is 0 Å². The van der Waals surface area contributed by atoms with Gasteiger partial charge in [-0.1, -0.05) is 74.5 Å². The highest BCUT2D eigenvalue weighted by Gasteiger charge is 2.15. The number of aromatic hydroxyl groups is 1. The molecular formula is C23H20FN3O2. The summed E-state index contributed by atoms with van der Waals surface area (Å²) >= 11 is 0. The maximum atomic E-state index is 12.4. The summed E-state index contributed by atoms with van der Waals surface area (Å²) in [4.78, 5) is 17.2. The molecule has 0 fully saturated rings. The summed E-state index contributed by atoms with van der Waals surface area (Å²) in [5.74, 6) is 0.950. The summed E-state index contributed by atoms with van der Waals surface area (Å²) in [6.45, 7) is 4.00. The fourth-order valence-corrected chi connectivity index (χ4v) is 2.68. The summed E-state index contributed by atoms with van der Waals surface area (Å²) in [5, 5.41) is 10.3. The quantitative estimate of drug-likeness (QED) is 0.473. The monoisotopic (exact) mass is 389 g/mol. The Balaban J connectivity index is 0.00000117.